The van der Waals surface area contributed by atoms with Gasteiger partial charge in [-0.2, -0.15) is 0 Å². The van der Waals surface area contributed by atoms with Crippen LogP contribution in [0.4, 0.5) is 5.69 Å². The van der Waals surface area contributed by atoms with Crippen LogP contribution in [0.1, 0.15) is 11.1 Å². The van der Waals surface area contributed by atoms with Crippen LogP contribution in [0.15, 0.2) is 47.5 Å². The number of phenolic OH excluding ortho intramolecular Hbond substituents is 1. The number of para-hydroxylation sites is 1. The average molecular weight is 337 g/mol. The second kappa shape index (κ2) is 5.31. The maximum atomic E-state index is 9.59. The van der Waals surface area contributed by atoms with Gasteiger partial charge in [-0.25, -0.2) is 0 Å². The van der Waals surface area contributed by atoms with Gasteiger partial charge in [0.25, 0.3) is 0 Å². The van der Waals surface area contributed by atoms with E-state index >= 15 is 0 Å². The van der Waals surface area contributed by atoms with Crippen LogP contribution in [0.3, 0.4) is 0 Å². The zero-order valence-corrected chi connectivity index (χ0v) is 11.5. The molecule has 0 saturated heterocycles. The zero-order chi connectivity index (χ0) is 12.3. The fourth-order valence-electron chi connectivity index (χ4n) is 1.40. The molecule has 0 spiro atoms. The van der Waals surface area contributed by atoms with Crippen molar-refractivity contribution in [2.45, 2.75) is 6.92 Å². The number of phenols is 1. The number of halogens is 1. The number of nitrogens with zero attached hydrogens (tertiary/aromatic N) is 1. The maximum absolute atomic E-state index is 9.59. The van der Waals surface area contributed by atoms with Gasteiger partial charge in [0, 0.05) is 15.3 Å². The Kier molecular flexibility index (Phi) is 3.78. The monoisotopic (exact) mass is 337 g/mol. The van der Waals surface area contributed by atoms with Crippen molar-refractivity contribution < 1.29 is 5.11 Å². The maximum Gasteiger partial charge on any atom is 0.124 e. The molecular formula is C14H12INO. The van der Waals surface area contributed by atoms with Crippen LogP contribution in [0.2, 0.25) is 0 Å². The first-order chi connectivity index (χ1) is 8.16. The number of hydrogen-bond donors (Lipinski definition) is 1. The van der Waals surface area contributed by atoms with Gasteiger partial charge in [0.1, 0.15) is 5.75 Å². The van der Waals surface area contributed by atoms with Crippen molar-refractivity contribution in [2.24, 2.45) is 4.99 Å². The Morgan fingerprint density at radius 1 is 1.18 bits per heavy atom. The molecule has 2 nitrogen and oxygen atoms in total. The molecule has 3 heteroatoms. The van der Waals surface area contributed by atoms with Crippen molar-refractivity contribution in [3.8, 4) is 5.75 Å². The number of benzene rings is 2. The molecular weight excluding hydrogens is 325 g/mol. The Morgan fingerprint density at radius 2 is 1.94 bits per heavy atom. The third kappa shape index (κ3) is 3.06. The van der Waals surface area contributed by atoms with E-state index in [2.05, 4.69) is 34.5 Å². The molecule has 0 amide bonds. The van der Waals surface area contributed by atoms with Crippen molar-refractivity contribution in [1.82, 2.24) is 0 Å². The highest BCUT2D eigenvalue weighted by atomic mass is 127. The van der Waals surface area contributed by atoms with Gasteiger partial charge in [-0.05, 0) is 59.3 Å². The summed E-state index contributed by atoms with van der Waals surface area (Å²) in [6.07, 6.45) is 1.68. The highest BCUT2D eigenvalue weighted by Crippen LogP contribution is 2.20. The molecule has 86 valence electrons. The lowest BCUT2D eigenvalue weighted by molar-refractivity contribution is 0.474. The minimum absolute atomic E-state index is 0.248. The van der Waals surface area contributed by atoms with Gasteiger partial charge in [0.2, 0.25) is 0 Å². The lowest BCUT2D eigenvalue weighted by Crippen LogP contribution is -1.82. The molecule has 0 aliphatic rings. The first-order valence-corrected chi connectivity index (χ1v) is 6.33. The molecule has 0 bridgehead atoms. The molecule has 0 aliphatic carbocycles. The molecule has 1 N–H and O–H groups in total. The molecule has 0 radical (unpaired) electrons. The third-order valence-corrected chi connectivity index (χ3v) is 3.61. The average Bonchev–Trinajstić information content (AvgIpc) is 2.32. The molecule has 0 saturated carbocycles. The molecule has 0 fully saturated rings. The third-order valence-electron chi connectivity index (χ3n) is 2.44. The van der Waals surface area contributed by atoms with E-state index in [1.807, 2.05) is 30.3 Å². The molecule has 0 atom stereocenters. The molecule has 2 aromatic carbocycles. The van der Waals surface area contributed by atoms with Crippen LogP contribution in [0.5, 0.6) is 5.75 Å². The molecule has 17 heavy (non-hydrogen) atoms. The first-order valence-electron chi connectivity index (χ1n) is 5.25. The van der Waals surface area contributed by atoms with Crippen LogP contribution < -0.4 is 0 Å². The predicted octanol–water partition coefficient (Wildman–Crippen LogP) is 4.06. The summed E-state index contributed by atoms with van der Waals surface area (Å²) in [5.74, 6) is 0.248. The highest BCUT2D eigenvalue weighted by Gasteiger charge is 1.97. The Morgan fingerprint density at radius 3 is 2.65 bits per heavy atom. The summed E-state index contributed by atoms with van der Waals surface area (Å²) in [5.41, 5.74) is 2.86. The minimum Gasteiger partial charge on any atom is -0.507 e. The Balaban J connectivity index is 2.26. The Labute approximate surface area is 114 Å². The van der Waals surface area contributed by atoms with Crippen molar-refractivity contribution >= 4 is 34.5 Å². The summed E-state index contributed by atoms with van der Waals surface area (Å²) < 4.78 is 1.19. The molecule has 0 heterocycles. The topological polar surface area (TPSA) is 32.6 Å². The van der Waals surface area contributed by atoms with Crippen LogP contribution in [0, 0.1) is 10.5 Å². The highest BCUT2D eigenvalue weighted by molar-refractivity contribution is 14.1. The van der Waals surface area contributed by atoms with Gasteiger partial charge < -0.3 is 5.11 Å². The lowest BCUT2D eigenvalue weighted by Gasteiger charge is -2.00. The summed E-state index contributed by atoms with van der Waals surface area (Å²) in [4.78, 5) is 4.35. The lowest BCUT2D eigenvalue weighted by atomic mass is 10.2. The number of hydrogen-bond acceptors (Lipinski definition) is 2. The summed E-state index contributed by atoms with van der Waals surface area (Å²) in [7, 11) is 0. The van der Waals surface area contributed by atoms with E-state index in [4.69, 9.17) is 0 Å². The van der Waals surface area contributed by atoms with E-state index in [1.54, 1.807) is 18.3 Å². The smallest absolute Gasteiger partial charge is 0.124 e. The van der Waals surface area contributed by atoms with Crippen molar-refractivity contribution in [2.75, 3.05) is 0 Å². The molecule has 0 unspecified atom stereocenters. The van der Waals surface area contributed by atoms with Crippen LogP contribution >= 0.6 is 22.6 Å². The summed E-state index contributed by atoms with van der Waals surface area (Å²) in [5, 5.41) is 9.59. The van der Waals surface area contributed by atoms with Gasteiger partial charge in [-0.1, -0.05) is 18.2 Å². The largest absolute Gasteiger partial charge is 0.507 e. The molecule has 2 rings (SSSR count). The van der Waals surface area contributed by atoms with Crippen molar-refractivity contribution in [3.05, 3.63) is 57.2 Å². The summed E-state index contributed by atoms with van der Waals surface area (Å²) in [6.45, 7) is 2.07. The number of aryl methyl sites for hydroxylation is 1. The normalized spacial score (nSPS) is 10.9. The van der Waals surface area contributed by atoms with E-state index < -0.39 is 0 Å². The standard InChI is InChI=1S/C14H12INO/c1-10-6-7-12(8-13(10)15)16-9-11-4-2-3-5-14(11)17/h2-9,17H,1H3. The van der Waals surface area contributed by atoms with Crippen LogP contribution in [0.25, 0.3) is 0 Å². The number of rotatable bonds is 2. The molecule has 0 aliphatic heterocycles. The molecule has 2 aromatic rings. The SMILES string of the molecule is Cc1ccc(N=Cc2ccccc2O)cc1I. The van der Waals surface area contributed by atoms with Crippen LogP contribution in [-0.2, 0) is 0 Å². The van der Waals surface area contributed by atoms with Crippen molar-refractivity contribution in [3.63, 3.8) is 0 Å². The fourth-order valence-corrected chi connectivity index (χ4v) is 1.90. The summed E-state index contributed by atoms with van der Waals surface area (Å²) in [6, 6.07) is 13.2. The van der Waals surface area contributed by atoms with Gasteiger partial charge in [-0.3, -0.25) is 4.99 Å². The van der Waals surface area contributed by atoms with Gasteiger partial charge in [0.05, 0.1) is 5.69 Å². The number of aliphatic imine (C=N–C) groups is 1. The van der Waals surface area contributed by atoms with E-state index in [9.17, 15) is 5.11 Å². The minimum atomic E-state index is 0.248. The van der Waals surface area contributed by atoms with E-state index in [1.165, 1.54) is 9.13 Å². The van der Waals surface area contributed by atoms with Gasteiger partial charge >= 0.3 is 0 Å². The van der Waals surface area contributed by atoms with Crippen LogP contribution in [-0.4, -0.2) is 11.3 Å². The second-order valence-corrected chi connectivity index (χ2v) is 4.91. The van der Waals surface area contributed by atoms with Gasteiger partial charge in [-0.15, -0.1) is 0 Å². The van der Waals surface area contributed by atoms with E-state index in [-0.39, 0.29) is 5.75 Å². The predicted molar refractivity (Wildman–Crippen MR) is 79.3 cm³/mol. The van der Waals surface area contributed by atoms with E-state index in [0.717, 1.165) is 11.3 Å². The van der Waals surface area contributed by atoms with Crippen molar-refractivity contribution in [1.29, 1.82) is 0 Å². The Bertz CT molecular complexity index is 564. The second-order valence-electron chi connectivity index (χ2n) is 3.75. The number of aromatic hydroxyl groups is 1. The summed E-state index contributed by atoms with van der Waals surface area (Å²) >= 11 is 2.29. The molecule has 0 aromatic heterocycles. The quantitative estimate of drug-likeness (QED) is 0.651. The van der Waals surface area contributed by atoms with Gasteiger partial charge in [0.15, 0.2) is 0 Å². The zero-order valence-electron chi connectivity index (χ0n) is 9.39. The fraction of sp³-hybridized carbons (Fsp3) is 0.0714. The van der Waals surface area contributed by atoms with E-state index in [0.29, 0.717) is 0 Å². The first kappa shape index (κ1) is 12.1. The Hall–Kier alpha value is -1.36.